The molecule has 1 aliphatic rings. The van der Waals surface area contributed by atoms with Crippen LogP contribution >= 0.6 is 11.8 Å². The number of thioether (sulfide) groups is 1. The monoisotopic (exact) mass is 281 g/mol. The summed E-state index contributed by atoms with van der Waals surface area (Å²) in [6.45, 7) is 5.68. The van der Waals surface area contributed by atoms with Gasteiger partial charge in [0.25, 0.3) is 5.69 Å². The molecule has 0 radical (unpaired) electrons. The highest BCUT2D eigenvalue weighted by Gasteiger charge is 2.16. The standard InChI is InChI=1S/C13H19N3O2S/c1-11-3-2-4-12(13(11)16(17)18)14-5-6-15-7-9-19-10-8-15/h2-4,14H,5-10H2,1H3. The van der Waals surface area contributed by atoms with Crippen molar-refractivity contribution < 1.29 is 4.92 Å². The van der Waals surface area contributed by atoms with Crippen molar-refractivity contribution in [1.82, 2.24) is 4.90 Å². The molecule has 0 atom stereocenters. The largest absolute Gasteiger partial charge is 0.378 e. The Morgan fingerprint density at radius 1 is 1.42 bits per heavy atom. The van der Waals surface area contributed by atoms with E-state index in [0.717, 1.165) is 26.2 Å². The zero-order valence-electron chi connectivity index (χ0n) is 11.1. The molecule has 0 spiro atoms. The molecule has 19 heavy (non-hydrogen) atoms. The summed E-state index contributed by atoms with van der Waals surface area (Å²) in [4.78, 5) is 13.1. The van der Waals surface area contributed by atoms with Crippen LogP contribution in [0, 0.1) is 17.0 Å². The van der Waals surface area contributed by atoms with E-state index in [1.807, 2.05) is 17.8 Å². The summed E-state index contributed by atoms with van der Waals surface area (Å²) in [5.74, 6) is 2.37. The van der Waals surface area contributed by atoms with E-state index in [9.17, 15) is 10.1 Å². The van der Waals surface area contributed by atoms with Gasteiger partial charge >= 0.3 is 0 Å². The van der Waals surface area contributed by atoms with Crippen LogP contribution in [0.25, 0.3) is 0 Å². The number of hydrogen-bond donors (Lipinski definition) is 1. The van der Waals surface area contributed by atoms with Gasteiger partial charge < -0.3 is 5.32 Å². The quantitative estimate of drug-likeness (QED) is 0.663. The zero-order valence-corrected chi connectivity index (χ0v) is 11.9. The fourth-order valence-corrected chi connectivity index (χ4v) is 3.20. The molecule has 6 heteroatoms. The van der Waals surface area contributed by atoms with Crippen molar-refractivity contribution in [2.45, 2.75) is 6.92 Å². The third-order valence-electron chi connectivity index (χ3n) is 3.27. The van der Waals surface area contributed by atoms with Gasteiger partial charge in [-0.1, -0.05) is 12.1 Å². The Labute approximate surface area is 117 Å². The minimum Gasteiger partial charge on any atom is -0.378 e. The molecule has 104 valence electrons. The molecule has 2 rings (SSSR count). The molecule has 1 heterocycles. The molecular formula is C13H19N3O2S. The average molecular weight is 281 g/mol. The summed E-state index contributed by atoms with van der Waals surface area (Å²) < 4.78 is 0. The van der Waals surface area contributed by atoms with Crippen LogP contribution in [0.2, 0.25) is 0 Å². The lowest BCUT2D eigenvalue weighted by molar-refractivity contribution is -0.384. The minimum atomic E-state index is -0.310. The Kier molecular flexibility index (Phi) is 5.04. The van der Waals surface area contributed by atoms with E-state index in [-0.39, 0.29) is 10.6 Å². The third kappa shape index (κ3) is 3.84. The Bertz CT molecular complexity index is 448. The molecule has 0 unspecified atom stereocenters. The summed E-state index contributed by atoms with van der Waals surface area (Å²) in [5, 5.41) is 14.3. The van der Waals surface area contributed by atoms with E-state index >= 15 is 0 Å². The number of hydrogen-bond acceptors (Lipinski definition) is 5. The Morgan fingerprint density at radius 2 is 2.16 bits per heavy atom. The van der Waals surface area contributed by atoms with Crippen molar-refractivity contribution in [1.29, 1.82) is 0 Å². The van der Waals surface area contributed by atoms with Crippen LogP contribution in [-0.4, -0.2) is 47.5 Å². The lowest BCUT2D eigenvalue weighted by Gasteiger charge is -2.26. The van der Waals surface area contributed by atoms with E-state index in [0.29, 0.717) is 11.3 Å². The van der Waals surface area contributed by atoms with Crippen LogP contribution in [-0.2, 0) is 0 Å². The fourth-order valence-electron chi connectivity index (χ4n) is 2.22. The second-order valence-electron chi connectivity index (χ2n) is 4.61. The van der Waals surface area contributed by atoms with E-state index in [1.165, 1.54) is 11.5 Å². The third-order valence-corrected chi connectivity index (χ3v) is 4.21. The van der Waals surface area contributed by atoms with Gasteiger partial charge in [0.2, 0.25) is 0 Å². The summed E-state index contributed by atoms with van der Waals surface area (Å²) in [6.07, 6.45) is 0. The highest BCUT2D eigenvalue weighted by molar-refractivity contribution is 7.99. The molecule has 0 aromatic heterocycles. The number of nitrogens with one attached hydrogen (secondary N) is 1. The second-order valence-corrected chi connectivity index (χ2v) is 5.83. The van der Waals surface area contributed by atoms with Crippen LogP contribution in [0.5, 0.6) is 0 Å². The minimum absolute atomic E-state index is 0.191. The molecule has 0 saturated carbocycles. The first kappa shape index (κ1) is 14.1. The summed E-state index contributed by atoms with van der Waals surface area (Å²) in [5.41, 5.74) is 1.51. The van der Waals surface area contributed by atoms with Gasteiger partial charge in [-0.25, -0.2) is 0 Å². The number of nitro groups is 1. The van der Waals surface area contributed by atoms with Gasteiger partial charge in [0.1, 0.15) is 5.69 Å². The zero-order chi connectivity index (χ0) is 13.7. The van der Waals surface area contributed by atoms with Gasteiger partial charge in [-0.05, 0) is 13.0 Å². The van der Waals surface area contributed by atoms with Gasteiger partial charge in [-0.3, -0.25) is 15.0 Å². The maximum Gasteiger partial charge on any atom is 0.295 e. The highest BCUT2D eigenvalue weighted by Crippen LogP contribution is 2.27. The Balaban J connectivity index is 1.92. The fraction of sp³-hybridized carbons (Fsp3) is 0.538. The van der Waals surface area contributed by atoms with E-state index < -0.39 is 0 Å². The first-order chi connectivity index (χ1) is 9.18. The summed E-state index contributed by atoms with van der Waals surface area (Å²) >= 11 is 1.99. The van der Waals surface area contributed by atoms with Crippen molar-refractivity contribution in [3.63, 3.8) is 0 Å². The molecule has 0 aliphatic carbocycles. The van der Waals surface area contributed by atoms with Gasteiger partial charge in [0.05, 0.1) is 4.92 Å². The van der Waals surface area contributed by atoms with Gasteiger partial charge in [0.15, 0.2) is 0 Å². The number of benzene rings is 1. The van der Waals surface area contributed by atoms with Crippen molar-refractivity contribution in [2.75, 3.05) is 43.0 Å². The predicted octanol–water partition coefficient (Wildman–Crippen LogP) is 2.36. The van der Waals surface area contributed by atoms with Crippen LogP contribution in [0.1, 0.15) is 5.56 Å². The smallest absolute Gasteiger partial charge is 0.295 e. The highest BCUT2D eigenvalue weighted by atomic mass is 32.2. The van der Waals surface area contributed by atoms with E-state index in [4.69, 9.17) is 0 Å². The van der Waals surface area contributed by atoms with Crippen molar-refractivity contribution in [3.05, 3.63) is 33.9 Å². The predicted molar refractivity (Wildman–Crippen MR) is 80.1 cm³/mol. The molecule has 1 N–H and O–H groups in total. The van der Waals surface area contributed by atoms with Crippen molar-refractivity contribution >= 4 is 23.1 Å². The SMILES string of the molecule is Cc1cccc(NCCN2CCSCC2)c1[N+](=O)[O-]. The number of nitrogens with zero attached hydrogens (tertiary/aromatic N) is 2. The normalized spacial score (nSPS) is 16.3. The van der Waals surface area contributed by atoms with Crippen LogP contribution in [0.15, 0.2) is 18.2 Å². The average Bonchev–Trinajstić information content (AvgIpc) is 2.39. The maximum absolute atomic E-state index is 11.1. The second kappa shape index (κ2) is 6.77. The molecule has 1 fully saturated rings. The van der Waals surface area contributed by atoms with Gasteiger partial charge in [-0.2, -0.15) is 11.8 Å². The topological polar surface area (TPSA) is 58.4 Å². The Hall–Kier alpha value is -1.27. The molecule has 0 bridgehead atoms. The summed E-state index contributed by atoms with van der Waals surface area (Å²) in [6, 6.07) is 5.39. The van der Waals surface area contributed by atoms with Crippen molar-refractivity contribution in [2.24, 2.45) is 0 Å². The van der Waals surface area contributed by atoms with Gasteiger partial charge in [0, 0.05) is 43.2 Å². The molecule has 5 nitrogen and oxygen atoms in total. The number of aryl methyl sites for hydroxylation is 1. The number of para-hydroxylation sites is 1. The van der Waals surface area contributed by atoms with Crippen LogP contribution < -0.4 is 5.32 Å². The number of rotatable bonds is 5. The first-order valence-corrected chi connectivity index (χ1v) is 7.62. The van der Waals surface area contributed by atoms with Crippen LogP contribution in [0.4, 0.5) is 11.4 Å². The summed E-state index contributed by atoms with van der Waals surface area (Å²) in [7, 11) is 0. The molecular weight excluding hydrogens is 262 g/mol. The lowest BCUT2D eigenvalue weighted by Crippen LogP contribution is -2.36. The van der Waals surface area contributed by atoms with Crippen LogP contribution in [0.3, 0.4) is 0 Å². The molecule has 1 saturated heterocycles. The molecule has 1 aromatic rings. The van der Waals surface area contributed by atoms with E-state index in [1.54, 1.807) is 19.1 Å². The van der Waals surface area contributed by atoms with Crippen molar-refractivity contribution in [3.8, 4) is 0 Å². The number of nitro benzene ring substituents is 1. The van der Waals surface area contributed by atoms with Gasteiger partial charge in [-0.15, -0.1) is 0 Å². The number of anilines is 1. The molecule has 0 amide bonds. The molecule has 1 aromatic carbocycles. The lowest BCUT2D eigenvalue weighted by atomic mass is 10.1. The Morgan fingerprint density at radius 3 is 2.84 bits per heavy atom. The van der Waals surface area contributed by atoms with E-state index in [2.05, 4.69) is 10.2 Å². The molecule has 1 aliphatic heterocycles. The maximum atomic E-state index is 11.1. The first-order valence-electron chi connectivity index (χ1n) is 6.46.